The highest BCUT2D eigenvalue weighted by Gasteiger charge is 2.10. The molecule has 1 aromatic rings. The van der Waals surface area contributed by atoms with E-state index in [2.05, 4.69) is 10.1 Å². The van der Waals surface area contributed by atoms with Crippen LogP contribution in [0.1, 0.15) is 6.42 Å². The number of anilines is 1. The quantitative estimate of drug-likeness (QED) is 0.444. The van der Waals surface area contributed by atoms with E-state index in [9.17, 15) is 14.9 Å². The van der Waals surface area contributed by atoms with Crippen molar-refractivity contribution < 1.29 is 14.5 Å². The molecule has 0 aromatic heterocycles. The van der Waals surface area contributed by atoms with Crippen LogP contribution in [0.3, 0.4) is 0 Å². The number of nitrogens with one attached hydrogen (secondary N) is 1. The van der Waals surface area contributed by atoms with Crippen molar-refractivity contribution in [3.05, 3.63) is 34.4 Å². The van der Waals surface area contributed by atoms with E-state index in [1.807, 2.05) is 0 Å². The van der Waals surface area contributed by atoms with Crippen LogP contribution in [0.25, 0.3) is 0 Å². The van der Waals surface area contributed by atoms with Gasteiger partial charge in [-0.25, -0.2) is 4.79 Å². The minimum atomic E-state index is -0.823. The van der Waals surface area contributed by atoms with Gasteiger partial charge < -0.3 is 15.8 Å². The number of ether oxygens (including phenoxy) is 1. The van der Waals surface area contributed by atoms with Crippen LogP contribution >= 0.6 is 0 Å². The first-order valence-corrected chi connectivity index (χ1v) is 5.01. The van der Waals surface area contributed by atoms with Gasteiger partial charge in [0.1, 0.15) is 5.69 Å². The largest absolute Gasteiger partial charge is 0.450 e. The monoisotopic (exact) mass is 239 g/mol. The highest BCUT2D eigenvalue weighted by atomic mass is 16.6. The number of primary amides is 1. The average Bonchev–Trinajstić information content (AvgIpc) is 2.28. The zero-order chi connectivity index (χ0) is 12.7. The molecule has 0 bridgehead atoms. The molecule has 0 aliphatic heterocycles. The Hall–Kier alpha value is -2.31. The van der Waals surface area contributed by atoms with E-state index in [0.29, 0.717) is 18.7 Å². The lowest BCUT2D eigenvalue weighted by atomic mass is 10.2. The molecule has 0 unspecified atom stereocenters. The second-order valence-corrected chi connectivity index (χ2v) is 3.22. The first-order valence-electron chi connectivity index (χ1n) is 5.01. The Morgan fingerprint density at radius 3 is 2.82 bits per heavy atom. The molecular formula is C10H13N3O4. The molecule has 3 N–H and O–H groups in total. The normalized spacial score (nSPS) is 9.65. The van der Waals surface area contributed by atoms with Gasteiger partial charge in [0.05, 0.1) is 11.5 Å². The van der Waals surface area contributed by atoms with Crippen molar-refractivity contribution in [2.45, 2.75) is 6.42 Å². The van der Waals surface area contributed by atoms with Gasteiger partial charge in [0, 0.05) is 12.6 Å². The van der Waals surface area contributed by atoms with Crippen LogP contribution in [0.5, 0.6) is 0 Å². The van der Waals surface area contributed by atoms with E-state index in [1.54, 1.807) is 18.2 Å². The molecule has 7 nitrogen and oxygen atoms in total. The summed E-state index contributed by atoms with van der Waals surface area (Å²) in [6, 6.07) is 6.34. The van der Waals surface area contributed by atoms with Crippen molar-refractivity contribution in [2.24, 2.45) is 5.73 Å². The van der Waals surface area contributed by atoms with Crippen molar-refractivity contribution >= 4 is 17.5 Å². The number of nitro groups is 1. The van der Waals surface area contributed by atoms with E-state index in [-0.39, 0.29) is 12.3 Å². The van der Waals surface area contributed by atoms with Crippen LogP contribution in [0.15, 0.2) is 24.3 Å². The minimum Gasteiger partial charge on any atom is -0.450 e. The number of para-hydroxylation sites is 2. The van der Waals surface area contributed by atoms with Crippen LogP contribution in [0, 0.1) is 10.1 Å². The van der Waals surface area contributed by atoms with E-state index in [0.717, 1.165) is 0 Å². The molecule has 1 aromatic carbocycles. The van der Waals surface area contributed by atoms with Crippen LogP contribution in [0.4, 0.5) is 16.2 Å². The lowest BCUT2D eigenvalue weighted by molar-refractivity contribution is -0.384. The smallest absolute Gasteiger partial charge is 0.404 e. The SMILES string of the molecule is NC(=O)OCCCNc1ccccc1[N+](=O)[O-]. The highest BCUT2D eigenvalue weighted by molar-refractivity contribution is 5.64. The number of benzene rings is 1. The molecule has 17 heavy (non-hydrogen) atoms. The van der Waals surface area contributed by atoms with Gasteiger partial charge >= 0.3 is 6.09 Å². The Kier molecular flexibility index (Phi) is 4.74. The van der Waals surface area contributed by atoms with Gasteiger partial charge in [-0.2, -0.15) is 0 Å². The summed E-state index contributed by atoms with van der Waals surface area (Å²) in [5.41, 5.74) is 5.24. The summed E-state index contributed by atoms with van der Waals surface area (Å²) in [6.07, 6.45) is -0.301. The number of nitrogens with zero attached hydrogens (tertiary/aromatic N) is 1. The van der Waals surface area contributed by atoms with Gasteiger partial charge in [-0.05, 0) is 12.5 Å². The number of nitrogens with two attached hydrogens (primary N) is 1. The van der Waals surface area contributed by atoms with Crippen LogP contribution in [0.2, 0.25) is 0 Å². The number of nitro benzene ring substituents is 1. The van der Waals surface area contributed by atoms with Crippen molar-refractivity contribution in [1.29, 1.82) is 0 Å². The zero-order valence-corrected chi connectivity index (χ0v) is 9.09. The van der Waals surface area contributed by atoms with Gasteiger partial charge in [-0.1, -0.05) is 12.1 Å². The zero-order valence-electron chi connectivity index (χ0n) is 9.09. The van der Waals surface area contributed by atoms with Crippen LogP contribution in [-0.4, -0.2) is 24.2 Å². The third kappa shape index (κ3) is 4.37. The van der Waals surface area contributed by atoms with Crippen LogP contribution in [-0.2, 0) is 4.74 Å². The van der Waals surface area contributed by atoms with Gasteiger partial charge in [-0.3, -0.25) is 10.1 Å². The van der Waals surface area contributed by atoms with E-state index < -0.39 is 11.0 Å². The summed E-state index contributed by atoms with van der Waals surface area (Å²) in [4.78, 5) is 20.5. The standard InChI is InChI=1S/C10H13N3O4/c11-10(14)17-7-3-6-12-8-4-1-2-5-9(8)13(15)16/h1-2,4-5,12H,3,6-7H2,(H2,11,14). The van der Waals surface area contributed by atoms with E-state index >= 15 is 0 Å². The first kappa shape index (κ1) is 12.8. The fraction of sp³-hybridized carbons (Fsp3) is 0.300. The fourth-order valence-corrected chi connectivity index (χ4v) is 1.25. The second-order valence-electron chi connectivity index (χ2n) is 3.22. The highest BCUT2D eigenvalue weighted by Crippen LogP contribution is 2.22. The molecule has 0 spiro atoms. The third-order valence-corrected chi connectivity index (χ3v) is 1.98. The molecule has 0 atom stereocenters. The molecule has 1 rings (SSSR count). The molecule has 0 heterocycles. The molecule has 92 valence electrons. The molecule has 0 aliphatic rings. The molecule has 0 aliphatic carbocycles. The van der Waals surface area contributed by atoms with Gasteiger partial charge in [-0.15, -0.1) is 0 Å². The molecular weight excluding hydrogens is 226 g/mol. The Balaban J connectivity index is 2.41. The molecule has 0 saturated carbocycles. The molecule has 0 radical (unpaired) electrons. The number of hydrogen-bond donors (Lipinski definition) is 2. The van der Waals surface area contributed by atoms with Crippen molar-refractivity contribution in [3.8, 4) is 0 Å². The van der Waals surface area contributed by atoms with E-state index in [1.165, 1.54) is 6.07 Å². The Morgan fingerprint density at radius 1 is 1.47 bits per heavy atom. The number of amides is 1. The number of hydrogen-bond acceptors (Lipinski definition) is 5. The first-order chi connectivity index (χ1) is 8.11. The van der Waals surface area contributed by atoms with Crippen molar-refractivity contribution in [1.82, 2.24) is 0 Å². The molecule has 0 saturated heterocycles. The van der Waals surface area contributed by atoms with Gasteiger partial charge in [0.25, 0.3) is 5.69 Å². The topological polar surface area (TPSA) is 107 Å². The Bertz CT molecular complexity index is 408. The maximum Gasteiger partial charge on any atom is 0.404 e. The predicted octanol–water partition coefficient (Wildman–Crippen LogP) is 1.49. The lowest BCUT2D eigenvalue weighted by Crippen LogP contribution is -2.15. The van der Waals surface area contributed by atoms with Crippen LogP contribution < -0.4 is 11.1 Å². The molecule has 1 amide bonds. The van der Waals surface area contributed by atoms with Gasteiger partial charge in [0.2, 0.25) is 0 Å². The maximum absolute atomic E-state index is 10.7. The summed E-state index contributed by atoms with van der Waals surface area (Å²) in [7, 11) is 0. The van der Waals surface area contributed by atoms with Crippen molar-refractivity contribution in [3.63, 3.8) is 0 Å². The summed E-state index contributed by atoms with van der Waals surface area (Å²) in [5.74, 6) is 0. The predicted molar refractivity (Wildman–Crippen MR) is 61.7 cm³/mol. The number of rotatable bonds is 6. The Morgan fingerprint density at radius 2 is 2.18 bits per heavy atom. The second kappa shape index (κ2) is 6.31. The third-order valence-electron chi connectivity index (χ3n) is 1.98. The molecule has 7 heteroatoms. The van der Waals surface area contributed by atoms with E-state index in [4.69, 9.17) is 5.73 Å². The maximum atomic E-state index is 10.7. The summed E-state index contributed by atoms with van der Waals surface area (Å²) < 4.78 is 4.52. The summed E-state index contributed by atoms with van der Waals surface area (Å²) in [6.45, 7) is 0.640. The summed E-state index contributed by atoms with van der Waals surface area (Å²) >= 11 is 0. The minimum absolute atomic E-state index is 0.0170. The molecule has 0 fully saturated rings. The van der Waals surface area contributed by atoms with Gasteiger partial charge in [0.15, 0.2) is 0 Å². The summed E-state index contributed by atoms with van der Waals surface area (Å²) in [5, 5.41) is 13.6. The Labute approximate surface area is 97.7 Å². The fourth-order valence-electron chi connectivity index (χ4n) is 1.25. The number of carbonyl (C=O) groups is 1. The van der Waals surface area contributed by atoms with Crippen molar-refractivity contribution in [2.75, 3.05) is 18.5 Å². The average molecular weight is 239 g/mol. The lowest BCUT2D eigenvalue weighted by Gasteiger charge is -2.06. The number of carbonyl (C=O) groups excluding carboxylic acids is 1.